The summed E-state index contributed by atoms with van der Waals surface area (Å²) in [5, 5.41) is 2.82. The van der Waals surface area contributed by atoms with Gasteiger partial charge in [0.1, 0.15) is 0 Å². The first-order valence-electron chi connectivity index (χ1n) is 6.42. The second kappa shape index (κ2) is 9.02. The topological polar surface area (TPSA) is 55.4 Å². The van der Waals surface area contributed by atoms with Crippen LogP contribution in [-0.4, -0.2) is 24.5 Å². The van der Waals surface area contributed by atoms with Crippen LogP contribution in [0.1, 0.15) is 53.4 Å². The standard InChI is InChI=1S/C13H25NO3/c1-5-7-10(3)8-12(14-11(4)15)9-13(16)17-6-2/h10,12H,5-9H2,1-4H3,(H,14,15)/t10-,12+/m0/s1. The van der Waals surface area contributed by atoms with Crippen LogP contribution >= 0.6 is 0 Å². The summed E-state index contributed by atoms with van der Waals surface area (Å²) in [4.78, 5) is 22.5. The fourth-order valence-electron chi connectivity index (χ4n) is 2.00. The smallest absolute Gasteiger partial charge is 0.307 e. The Bertz CT molecular complexity index is 241. The molecule has 4 nitrogen and oxygen atoms in total. The molecule has 0 aliphatic carbocycles. The molecule has 1 N–H and O–H groups in total. The zero-order chi connectivity index (χ0) is 13.3. The molecule has 0 heterocycles. The van der Waals surface area contributed by atoms with E-state index in [1.165, 1.54) is 6.92 Å². The predicted molar refractivity (Wildman–Crippen MR) is 67.5 cm³/mol. The van der Waals surface area contributed by atoms with E-state index in [-0.39, 0.29) is 24.3 Å². The minimum absolute atomic E-state index is 0.0944. The predicted octanol–water partition coefficient (Wildman–Crippen LogP) is 2.27. The summed E-state index contributed by atoms with van der Waals surface area (Å²) in [6.45, 7) is 7.92. The molecule has 0 bridgehead atoms. The van der Waals surface area contributed by atoms with E-state index in [2.05, 4.69) is 19.2 Å². The van der Waals surface area contributed by atoms with Gasteiger partial charge in [-0.25, -0.2) is 0 Å². The van der Waals surface area contributed by atoms with Crippen LogP contribution in [0.15, 0.2) is 0 Å². The van der Waals surface area contributed by atoms with Gasteiger partial charge in [-0.3, -0.25) is 9.59 Å². The Morgan fingerprint density at radius 2 is 1.94 bits per heavy atom. The van der Waals surface area contributed by atoms with Gasteiger partial charge in [0.25, 0.3) is 0 Å². The highest BCUT2D eigenvalue weighted by Gasteiger charge is 2.18. The van der Waals surface area contributed by atoms with Crippen LogP contribution in [-0.2, 0) is 14.3 Å². The number of carbonyl (C=O) groups excluding carboxylic acids is 2. The lowest BCUT2D eigenvalue weighted by molar-refractivity contribution is -0.143. The third-order valence-corrected chi connectivity index (χ3v) is 2.59. The molecule has 0 spiro atoms. The number of nitrogens with one attached hydrogen (secondary N) is 1. The molecular formula is C13H25NO3. The Balaban J connectivity index is 4.22. The fourth-order valence-corrected chi connectivity index (χ4v) is 2.00. The van der Waals surface area contributed by atoms with Crippen LogP contribution in [0.5, 0.6) is 0 Å². The Labute approximate surface area is 104 Å². The van der Waals surface area contributed by atoms with Gasteiger partial charge in [-0.05, 0) is 19.3 Å². The zero-order valence-electron chi connectivity index (χ0n) is 11.4. The monoisotopic (exact) mass is 243 g/mol. The van der Waals surface area contributed by atoms with Crippen LogP contribution < -0.4 is 5.32 Å². The maximum absolute atomic E-state index is 11.4. The van der Waals surface area contributed by atoms with E-state index < -0.39 is 0 Å². The number of esters is 1. The summed E-state index contributed by atoms with van der Waals surface area (Å²) in [6.07, 6.45) is 3.32. The van der Waals surface area contributed by atoms with Crippen molar-refractivity contribution in [2.75, 3.05) is 6.61 Å². The first kappa shape index (κ1) is 15.9. The lowest BCUT2D eigenvalue weighted by Gasteiger charge is -2.20. The molecule has 0 unspecified atom stereocenters. The Hall–Kier alpha value is -1.06. The van der Waals surface area contributed by atoms with Crippen LogP contribution in [0.3, 0.4) is 0 Å². The zero-order valence-corrected chi connectivity index (χ0v) is 11.4. The summed E-state index contributed by atoms with van der Waals surface area (Å²) < 4.78 is 4.91. The number of hydrogen-bond acceptors (Lipinski definition) is 3. The van der Waals surface area contributed by atoms with E-state index in [9.17, 15) is 9.59 Å². The first-order valence-corrected chi connectivity index (χ1v) is 6.42. The highest BCUT2D eigenvalue weighted by Crippen LogP contribution is 2.15. The molecule has 0 saturated heterocycles. The van der Waals surface area contributed by atoms with E-state index in [1.54, 1.807) is 6.92 Å². The maximum atomic E-state index is 11.4. The van der Waals surface area contributed by atoms with Crippen molar-refractivity contribution in [1.82, 2.24) is 5.32 Å². The van der Waals surface area contributed by atoms with Crippen LogP contribution in [0.4, 0.5) is 0 Å². The molecule has 0 aliphatic heterocycles. The molecule has 0 radical (unpaired) electrons. The average Bonchev–Trinajstić information content (AvgIpc) is 2.16. The second-order valence-corrected chi connectivity index (χ2v) is 4.54. The van der Waals surface area contributed by atoms with Crippen molar-refractivity contribution in [3.05, 3.63) is 0 Å². The van der Waals surface area contributed by atoms with Gasteiger partial charge in [0, 0.05) is 13.0 Å². The van der Waals surface area contributed by atoms with Crippen LogP contribution in [0.2, 0.25) is 0 Å². The minimum Gasteiger partial charge on any atom is -0.466 e. The Kier molecular flexibility index (Phi) is 8.46. The van der Waals surface area contributed by atoms with Gasteiger partial charge < -0.3 is 10.1 Å². The third-order valence-electron chi connectivity index (χ3n) is 2.59. The number of carbonyl (C=O) groups is 2. The van der Waals surface area contributed by atoms with Gasteiger partial charge in [0.15, 0.2) is 0 Å². The summed E-state index contributed by atoms with van der Waals surface area (Å²) in [7, 11) is 0. The van der Waals surface area contributed by atoms with Crippen LogP contribution in [0, 0.1) is 5.92 Å². The van der Waals surface area contributed by atoms with E-state index in [0.717, 1.165) is 19.3 Å². The van der Waals surface area contributed by atoms with Crippen molar-refractivity contribution in [3.8, 4) is 0 Å². The quantitative estimate of drug-likeness (QED) is 0.665. The van der Waals surface area contributed by atoms with Crippen molar-refractivity contribution < 1.29 is 14.3 Å². The van der Waals surface area contributed by atoms with E-state index >= 15 is 0 Å². The third kappa shape index (κ3) is 8.72. The molecule has 0 aromatic heterocycles. The van der Waals surface area contributed by atoms with E-state index in [4.69, 9.17) is 4.74 Å². The summed E-state index contributed by atoms with van der Waals surface area (Å²) >= 11 is 0. The van der Waals surface area contributed by atoms with Crippen molar-refractivity contribution in [1.29, 1.82) is 0 Å². The SMILES string of the molecule is CCC[C@H](C)C[C@H](CC(=O)OCC)NC(C)=O. The number of hydrogen-bond donors (Lipinski definition) is 1. The van der Waals surface area contributed by atoms with Crippen molar-refractivity contribution in [2.45, 2.75) is 59.4 Å². The molecular weight excluding hydrogens is 218 g/mol. The molecule has 0 rings (SSSR count). The largest absolute Gasteiger partial charge is 0.466 e. The van der Waals surface area contributed by atoms with Crippen molar-refractivity contribution >= 4 is 11.9 Å². The Morgan fingerprint density at radius 1 is 1.29 bits per heavy atom. The molecule has 0 fully saturated rings. The molecule has 4 heteroatoms. The highest BCUT2D eigenvalue weighted by atomic mass is 16.5. The first-order chi connectivity index (χ1) is 7.99. The normalized spacial score (nSPS) is 13.9. The van der Waals surface area contributed by atoms with Gasteiger partial charge in [-0.15, -0.1) is 0 Å². The van der Waals surface area contributed by atoms with Crippen molar-refractivity contribution in [2.24, 2.45) is 5.92 Å². The second-order valence-electron chi connectivity index (χ2n) is 4.54. The van der Waals surface area contributed by atoms with Crippen molar-refractivity contribution in [3.63, 3.8) is 0 Å². The Morgan fingerprint density at radius 3 is 2.41 bits per heavy atom. The average molecular weight is 243 g/mol. The molecule has 100 valence electrons. The number of rotatable bonds is 8. The molecule has 0 aliphatic rings. The van der Waals surface area contributed by atoms with Gasteiger partial charge in [0.05, 0.1) is 13.0 Å². The van der Waals surface area contributed by atoms with Gasteiger partial charge in [-0.1, -0.05) is 26.7 Å². The summed E-state index contributed by atoms with van der Waals surface area (Å²) in [5.41, 5.74) is 0. The molecule has 0 aromatic carbocycles. The molecule has 0 aromatic rings. The number of amides is 1. The molecule has 2 atom stereocenters. The number of ether oxygens (including phenoxy) is 1. The van der Waals surface area contributed by atoms with E-state index in [1.807, 2.05) is 0 Å². The van der Waals surface area contributed by atoms with E-state index in [0.29, 0.717) is 12.5 Å². The van der Waals surface area contributed by atoms with Gasteiger partial charge >= 0.3 is 5.97 Å². The summed E-state index contributed by atoms with van der Waals surface area (Å²) in [5.74, 6) is 0.171. The summed E-state index contributed by atoms with van der Waals surface area (Å²) in [6, 6.07) is -0.104. The van der Waals surface area contributed by atoms with Gasteiger partial charge in [0.2, 0.25) is 5.91 Å². The lowest BCUT2D eigenvalue weighted by atomic mass is 9.95. The lowest BCUT2D eigenvalue weighted by Crippen LogP contribution is -2.36. The fraction of sp³-hybridized carbons (Fsp3) is 0.846. The minimum atomic E-state index is -0.241. The highest BCUT2D eigenvalue weighted by molar-refractivity contribution is 5.75. The molecule has 1 amide bonds. The molecule has 0 saturated carbocycles. The maximum Gasteiger partial charge on any atom is 0.307 e. The van der Waals surface area contributed by atoms with Gasteiger partial charge in [-0.2, -0.15) is 0 Å². The molecule has 17 heavy (non-hydrogen) atoms. The van der Waals surface area contributed by atoms with Crippen LogP contribution in [0.25, 0.3) is 0 Å².